The van der Waals surface area contributed by atoms with Gasteiger partial charge in [-0.1, -0.05) is 28.1 Å². The second-order valence-electron chi connectivity index (χ2n) is 5.25. The number of halogens is 1. The molecule has 26 heavy (non-hydrogen) atoms. The number of hydrogen-bond donors (Lipinski definition) is 2. The van der Waals surface area contributed by atoms with Crippen molar-refractivity contribution in [3.8, 4) is 0 Å². The van der Waals surface area contributed by atoms with Crippen LogP contribution in [0.4, 0.5) is 22.0 Å². The summed E-state index contributed by atoms with van der Waals surface area (Å²) in [7, 11) is 0. The van der Waals surface area contributed by atoms with E-state index < -0.39 is 6.09 Å². The number of aromatic nitrogens is 1. The molecule has 1 amide bonds. The molecular weight excluding hydrogens is 400 g/mol. The highest BCUT2D eigenvalue weighted by Crippen LogP contribution is 2.25. The summed E-state index contributed by atoms with van der Waals surface area (Å²) in [6.07, 6.45) is -0.682. The smallest absolute Gasteiger partial charge is 0.412 e. The lowest BCUT2D eigenvalue weighted by atomic mass is 10.2. The van der Waals surface area contributed by atoms with Gasteiger partial charge in [0.05, 0.1) is 17.8 Å². The van der Waals surface area contributed by atoms with E-state index in [1.807, 2.05) is 12.1 Å². The summed E-state index contributed by atoms with van der Waals surface area (Å²) < 4.78 is 5.79. The maximum Gasteiger partial charge on any atom is 0.412 e. The van der Waals surface area contributed by atoms with Crippen molar-refractivity contribution in [3.63, 3.8) is 0 Å². The number of nitrogens with one attached hydrogen (secondary N) is 2. The third-order valence-corrected chi connectivity index (χ3v) is 4.01. The first-order chi connectivity index (χ1) is 12.6. The third kappa shape index (κ3) is 3.97. The predicted molar refractivity (Wildman–Crippen MR) is 104 cm³/mol. The summed E-state index contributed by atoms with van der Waals surface area (Å²) in [5.41, 5.74) is 0.807. The van der Waals surface area contributed by atoms with Gasteiger partial charge in [-0.3, -0.25) is 10.1 Å². The quantitative estimate of drug-likeness (QED) is 0.568. The van der Waals surface area contributed by atoms with Gasteiger partial charge in [0, 0.05) is 9.86 Å². The number of amides is 1. The Morgan fingerprint density at radius 3 is 2.62 bits per heavy atom. The molecule has 1 aromatic heterocycles. The van der Waals surface area contributed by atoms with Gasteiger partial charge in [0.15, 0.2) is 5.69 Å². The van der Waals surface area contributed by atoms with E-state index in [2.05, 4.69) is 36.5 Å². The molecule has 3 rings (SSSR count). The minimum atomic E-state index is -0.682. The van der Waals surface area contributed by atoms with Gasteiger partial charge in [-0.2, -0.15) is 5.11 Å². The van der Waals surface area contributed by atoms with Crippen molar-refractivity contribution < 1.29 is 9.53 Å². The third-order valence-electron chi connectivity index (χ3n) is 3.48. The summed E-state index contributed by atoms with van der Waals surface area (Å²) in [6, 6.07) is 14.1. The van der Waals surface area contributed by atoms with Crippen LogP contribution < -0.4 is 10.7 Å². The summed E-state index contributed by atoms with van der Waals surface area (Å²) in [5, 5.41) is 11.1. The van der Waals surface area contributed by atoms with Gasteiger partial charge in [0.1, 0.15) is 5.82 Å². The number of benzene rings is 2. The van der Waals surface area contributed by atoms with E-state index in [9.17, 15) is 9.59 Å². The fourth-order valence-corrected chi connectivity index (χ4v) is 2.56. The average molecular weight is 415 g/mol. The molecule has 2 aromatic carbocycles. The normalized spacial score (nSPS) is 11.0. The zero-order valence-electron chi connectivity index (χ0n) is 13.8. The number of pyridine rings is 1. The molecule has 3 aromatic rings. The zero-order chi connectivity index (χ0) is 18.5. The molecule has 8 heteroatoms. The van der Waals surface area contributed by atoms with Crippen LogP contribution in [0, 0.1) is 0 Å². The van der Waals surface area contributed by atoms with Crippen LogP contribution in [0.3, 0.4) is 0 Å². The summed E-state index contributed by atoms with van der Waals surface area (Å²) in [5.74, 6) is 0.132. The second-order valence-corrected chi connectivity index (χ2v) is 6.16. The molecule has 2 N–H and O–H groups in total. The molecule has 0 aliphatic rings. The molecule has 0 unspecified atom stereocenters. The van der Waals surface area contributed by atoms with Gasteiger partial charge in [-0.25, -0.2) is 4.79 Å². The monoisotopic (exact) mass is 414 g/mol. The summed E-state index contributed by atoms with van der Waals surface area (Å²) in [6.45, 7) is 1.90. The number of aromatic amines is 1. The van der Waals surface area contributed by atoms with Crippen LogP contribution in [-0.2, 0) is 4.74 Å². The Hall–Kier alpha value is -3.00. The number of nitrogens with zero attached hydrogens (tertiary/aromatic N) is 2. The fourth-order valence-electron chi connectivity index (χ4n) is 2.30. The number of fused-ring (bicyclic) bond motifs is 1. The Bertz CT molecular complexity index is 1030. The van der Waals surface area contributed by atoms with Gasteiger partial charge in [-0.15, -0.1) is 5.11 Å². The highest BCUT2D eigenvalue weighted by Gasteiger charge is 2.14. The highest BCUT2D eigenvalue weighted by molar-refractivity contribution is 9.10. The molecule has 0 saturated heterocycles. The van der Waals surface area contributed by atoms with Crippen LogP contribution in [0.1, 0.15) is 6.92 Å². The maximum atomic E-state index is 12.8. The largest absolute Gasteiger partial charge is 0.450 e. The topological polar surface area (TPSA) is 95.9 Å². The zero-order valence-corrected chi connectivity index (χ0v) is 15.4. The summed E-state index contributed by atoms with van der Waals surface area (Å²) in [4.78, 5) is 27.6. The van der Waals surface area contributed by atoms with Crippen molar-refractivity contribution in [2.75, 3.05) is 11.9 Å². The van der Waals surface area contributed by atoms with Crippen LogP contribution in [0.15, 0.2) is 68.0 Å². The first-order valence-corrected chi connectivity index (χ1v) is 8.64. The van der Waals surface area contributed by atoms with Gasteiger partial charge >= 0.3 is 6.09 Å². The van der Waals surface area contributed by atoms with Gasteiger partial charge in [0.2, 0.25) is 5.43 Å². The number of rotatable bonds is 4. The number of carbonyl (C=O) groups is 1. The SMILES string of the molecule is CCOC(=O)Nc1[nH]c2ccccc2c(=O)c1N=Nc1ccc(Br)cc1. The van der Waals surface area contributed by atoms with E-state index >= 15 is 0 Å². The molecule has 0 aliphatic carbocycles. The van der Waals surface area contributed by atoms with Crippen LogP contribution >= 0.6 is 15.9 Å². The minimum absolute atomic E-state index is 0.000304. The van der Waals surface area contributed by atoms with E-state index in [-0.39, 0.29) is 23.5 Å². The number of azo groups is 1. The van der Waals surface area contributed by atoms with E-state index in [4.69, 9.17) is 4.74 Å². The number of carbonyl (C=O) groups excluding carboxylic acids is 1. The number of anilines is 1. The van der Waals surface area contributed by atoms with Gasteiger partial charge in [-0.05, 0) is 43.3 Å². The number of hydrogen-bond acceptors (Lipinski definition) is 5. The number of para-hydroxylation sites is 1. The fraction of sp³-hybridized carbons (Fsp3) is 0.111. The maximum absolute atomic E-state index is 12.8. The van der Waals surface area contributed by atoms with Crippen LogP contribution in [-0.4, -0.2) is 17.7 Å². The molecule has 7 nitrogen and oxygen atoms in total. The Kier molecular flexibility index (Phi) is 5.43. The number of H-pyrrole nitrogens is 1. The summed E-state index contributed by atoms with van der Waals surface area (Å²) >= 11 is 3.35. The predicted octanol–water partition coefficient (Wildman–Crippen LogP) is 5.27. The van der Waals surface area contributed by atoms with Crippen LogP contribution in [0.25, 0.3) is 10.9 Å². The standard InChI is InChI=1S/C18H15BrN4O3/c1-2-26-18(25)21-17-15(23-22-12-9-7-11(19)8-10-12)16(24)13-5-3-4-6-14(13)20-17/h3-10H,2H2,1H3,(H2,20,21,24,25). The highest BCUT2D eigenvalue weighted by atomic mass is 79.9. The molecular formula is C18H15BrN4O3. The van der Waals surface area contributed by atoms with E-state index in [1.165, 1.54) is 0 Å². The van der Waals surface area contributed by atoms with Crippen molar-refractivity contribution in [3.05, 3.63) is 63.2 Å². The lowest BCUT2D eigenvalue weighted by Gasteiger charge is -2.09. The molecule has 132 valence electrons. The van der Waals surface area contributed by atoms with Crippen molar-refractivity contribution in [2.45, 2.75) is 6.92 Å². The van der Waals surface area contributed by atoms with E-state index in [1.54, 1.807) is 43.3 Å². The molecule has 0 bridgehead atoms. The average Bonchev–Trinajstić information content (AvgIpc) is 2.63. The Balaban J connectivity index is 2.08. The molecule has 0 saturated carbocycles. The van der Waals surface area contributed by atoms with Gasteiger partial charge < -0.3 is 9.72 Å². The molecule has 0 aliphatic heterocycles. The second kappa shape index (κ2) is 7.92. The molecule has 0 spiro atoms. The Morgan fingerprint density at radius 2 is 1.88 bits per heavy atom. The van der Waals surface area contributed by atoms with Crippen molar-refractivity contribution in [2.24, 2.45) is 10.2 Å². The first-order valence-electron chi connectivity index (χ1n) is 7.84. The Morgan fingerprint density at radius 1 is 1.15 bits per heavy atom. The number of ether oxygens (including phenoxy) is 1. The first kappa shape index (κ1) is 17.8. The van der Waals surface area contributed by atoms with E-state index in [0.717, 1.165) is 4.47 Å². The van der Waals surface area contributed by atoms with Gasteiger partial charge in [0.25, 0.3) is 0 Å². The lowest BCUT2D eigenvalue weighted by Crippen LogP contribution is -2.17. The molecule has 1 heterocycles. The molecule has 0 radical (unpaired) electrons. The van der Waals surface area contributed by atoms with E-state index in [0.29, 0.717) is 16.6 Å². The van der Waals surface area contributed by atoms with Crippen LogP contribution in [0.5, 0.6) is 0 Å². The van der Waals surface area contributed by atoms with Crippen LogP contribution in [0.2, 0.25) is 0 Å². The molecule has 0 fully saturated rings. The van der Waals surface area contributed by atoms with Crippen molar-refractivity contribution >= 4 is 50.1 Å². The molecule has 0 atom stereocenters. The van der Waals surface area contributed by atoms with Crippen molar-refractivity contribution in [1.82, 2.24) is 4.98 Å². The van der Waals surface area contributed by atoms with Crippen molar-refractivity contribution in [1.29, 1.82) is 0 Å². The minimum Gasteiger partial charge on any atom is -0.450 e. The lowest BCUT2D eigenvalue weighted by molar-refractivity contribution is 0.168. The Labute approximate surface area is 157 Å².